The summed E-state index contributed by atoms with van der Waals surface area (Å²) in [5.41, 5.74) is 0. The summed E-state index contributed by atoms with van der Waals surface area (Å²) in [6, 6.07) is 3.76. The van der Waals surface area contributed by atoms with E-state index in [1.165, 1.54) is 23.1 Å². The number of nitrogens with one attached hydrogen (secondary N) is 1. The Balaban J connectivity index is 1.85. The van der Waals surface area contributed by atoms with Crippen LogP contribution in [0.25, 0.3) is 0 Å². The Morgan fingerprint density at radius 2 is 2.29 bits per heavy atom. The van der Waals surface area contributed by atoms with Crippen molar-refractivity contribution in [2.45, 2.75) is 24.9 Å². The van der Waals surface area contributed by atoms with Gasteiger partial charge >= 0.3 is 13.1 Å². The average molecular weight is 329 g/mol. The third kappa shape index (κ3) is 5.35. The van der Waals surface area contributed by atoms with Gasteiger partial charge in [0, 0.05) is 16.4 Å². The fourth-order valence-electron chi connectivity index (χ4n) is 1.98. The van der Waals surface area contributed by atoms with Crippen molar-refractivity contribution in [2.24, 2.45) is 0 Å². The molecule has 1 aromatic heterocycles. The number of hydrogen-bond donors (Lipinski definition) is 3. The van der Waals surface area contributed by atoms with E-state index in [9.17, 15) is 14.6 Å². The lowest BCUT2D eigenvalue weighted by Crippen LogP contribution is -2.50. The van der Waals surface area contributed by atoms with Crippen LogP contribution in [-0.2, 0) is 20.7 Å². The van der Waals surface area contributed by atoms with Gasteiger partial charge in [-0.05, 0) is 11.4 Å². The van der Waals surface area contributed by atoms with Gasteiger partial charge in [0.15, 0.2) is 0 Å². The number of carbonyl (C=O) groups is 2. The largest absolute Gasteiger partial charge is 0.481 e. The lowest BCUT2D eigenvalue weighted by molar-refractivity contribution is -0.138. The van der Waals surface area contributed by atoms with E-state index in [0.29, 0.717) is 11.5 Å². The molecule has 21 heavy (non-hydrogen) atoms. The number of thiophene rings is 1. The molecule has 9 heteroatoms. The summed E-state index contributed by atoms with van der Waals surface area (Å²) in [7, 11) is -1.18. The highest BCUT2D eigenvalue weighted by molar-refractivity contribution is 7.99. The summed E-state index contributed by atoms with van der Waals surface area (Å²) in [6.07, 6.45) is -0.425. The normalized spacial score (nSPS) is 22.6. The molecule has 1 aliphatic rings. The Hall–Kier alpha value is -1.03. The van der Waals surface area contributed by atoms with Crippen molar-refractivity contribution in [2.75, 3.05) is 11.5 Å². The highest BCUT2D eigenvalue weighted by Crippen LogP contribution is 2.18. The molecule has 0 aliphatic carbocycles. The highest BCUT2D eigenvalue weighted by atomic mass is 32.2. The van der Waals surface area contributed by atoms with Crippen molar-refractivity contribution in [1.82, 2.24) is 5.32 Å². The summed E-state index contributed by atoms with van der Waals surface area (Å²) in [4.78, 5) is 23.6. The van der Waals surface area contributed by atoms with Crippen molar-refractivity contribution in [3.05, 3.63) is 22.4 Å². The average Bonchev–Trinajstić information content (AvgIpc) is 2.83. The van der Waals surface area contributed by atoms with Gasteiger partial charge in [0.25, 0.3) is 0 Å². The van der Waals surface area contributed by atoms with Crippen LogP contribution in [0.2, 0.25) is 0 Å². The zero-order valence-electron chi connectivity index (χ0n) is 11.2. The second-order valence-corrected chi connectivity index (χ2v) is 6.82. The summed E-state index contributed by atoms with van der Waals surface area (Å²) < 4.78 is 5.31. The van der Waals surface area contributed by atoms with E-state index in [4.69, 9.17) is 9.76 Å². The fourth-order valence-corrected chi connectivity index (χ4v) is 3.78. The lowest BCUT2D eigenvalue weighted by atomic mass is 9.79. The maximum Gasteiger partial charge on any atom is 0.479 e. The lowest BCUT2D eigenvalue weighted by Gasteiger charge is -2.19. The first-order valence-electron chi connectivity index (χ1n) is 6.49. The fraction of sp³-hybridized carbons (Fsp3) is 0.500. The van der Waals surface area contributed by atoms with Gasteiger partial charge in [-0.3, -0.25) is 9.59 Å². The Morgan fingerprint density at radius 1 is 1.48 bits per heavy atom. The van der Waals surface area contributed by atoms with Crippen LogP contribution in [0, 0.1) is 0 Å². The van der Waals surface area contributed by atoms with Crippen LogP contribution < -0.4 is 5.32 Å². The third-order valence-electron chi connectivity index (χ3n) is 2.94. The van der Waals surface area contributed by atoms with Crippen molar-refractivity contribution in [3.63, 3.8) is 0 Å². The first-order valence-corrected chi connectivity index (χ1v) is 8.53. The molecule has 1 saturated heterocycles. The molecule has 0 saturated carbocycles. The summed E-state index contributed by atoms with van der Waals surface area (Å²) in [6.45, 7) is 0. The molecule has 1 aromatic rings. The molecule has 0 aromatic carbocycles. The van der Waals surface area contributed by atoms with Gasteiger partial charge in [0.1, 0.15) is 0 Å². The van der Waals surface area contributed by atoms with Gasteiger partial charge in [-0.1, -0.05) is 6.07 Å². The van der Waals surface area contributed by atoms with Crippen molar-refractivity contribution < 1.29 is 24.4 Å². The van der Waals surface area contributed by atoms with E-state index in [2.05, 4.69) is 5.32 Å². The Bertz CT molecular complexity index is 484. The van der Waals surface area contributed by atoms with Crippen LogP contribution in [0.3, 0.4) is 0 Å². The van der Waals surface area contributed by atoms with Crippen LogP contribution in [-0.4, -0.2) is 52.7 Å². The molecule has 2 atom stereocenters. The number of carboxylic acid groups (broad SMARTS) is 1. The number of carbonyl (C=O) groups excluding carboxylic acids is 1. The van der Waals surface area contributed by atoms with Gasteiger partial charge in [-0.15, -0.1) is 11.3 Å². The molecule has 2 rings (SSSR count). The SMILES string of the molecule is O=C(O)C[C@@H]1CSC[C@H](NC(=O)Cc2cccs2)B(O)O1. The summed E-state index contributed by atoms with van der Waals surface area (Å²) in [5, 5.41) is 23.4. The molecule has 0 radical (unpaired) electrons. The molecule has 3 N–H and O–H groups in total. The minimum Gasteiger partial charge on any atom is -0.481 e. The van der Waals surface area contributed by atoms with Gasteiger partial charge < -0.3 is 20.1 Å². The van der Waals surface area contributed by atoms with E-state index in [1.54, 1.807) is 0 Å². The van der Waals surface area contributed by atoms with Crippen LogP contribution in [0.4, 0.5) is 0 Å². The van der Waals surface area contributed by atoms with E-state index in [-0.39, 0.29) is 18.7 Å². The third-order valence-corrected chi connectivity index (χ3v) is 5.02. The molecular formula is C12H16BNO5S2. The van der Waals surface area contributed by atoms with Crippen LogP contribution in [0.5, 0.6) is 0 Å². The van der Waals surface area contributed by atoms with E-state index in [0.717, 1.165) is 4.88 Å². The molecular weight excluding hydrogens is 313 g/mol. The highest BCUT2D eigenvalue weighted by Gasteiger charge is 2.34. The number of aliphatic carboxylic acids is 1. The van der Waals surface area contributed by atoms with E-state index < -0.39 is 25.1 Å². The number of carboxylic acids is 1. The quantitative estimate of drug-likeness (QED) is 0.677. The Labute approximate surface area is 131 Å². The van der Waals surface area contributed by atoms with E-state index >= 15 is 0 Å². The van der Waals surface area contributed by atoms with Crippen LogP contribution in [0.1, 0.15) is 11.3 Å². The predicted octanol–water partition coefficient (Wildman–Crippen LogP) is 0.402. The second-order valence-electron chi connectivity index (χ2n) is 4.71. The Morgan fingerprint density at radius 3 is 2.95 bits per heavy atom. The molecule has 6 nitrogen and oxygen atoms in total. The molecule has 0 unspecified atom stereocenters. The van der Waals surface area contributed by atoms with Crippen molar-refractivity contribution >= 4 is 42.1 Å². The first kappa shape index (κ1) is 16.3. The molecule has 1 aliphatic heterocycles. The molecule has 1 amide bonds. The summed E-state index contributed by atoms with van der Waals surface area (Å²) in [5.74, 6) is -0.690. The van der Waals surface area contributed by atoms with Crippen molar-refractivity contribution in [1.29, 1.82) is 0 Å². The number of amides is 1. The van der Waals surface area contributed by atoms with Crippen LogP contribution >= 0.6 is 23.1 Å². The topological polar surface area (TPSA) is 95.9 Å². The number of rotatable bonds is 5. The number of thioether (sulfide) groups is 1. The minimum absolute atomic E-state index is 0.153. The second kappa shape index (κ2) is 7.83. The minimum atomic E-state index is -1.18. The van der Waals surface area contributed by atoms with Gasteiger partial charge in [-0.25, -0.2) is 0 Å². The van der Waals surface area contributed by atoms with Crippen LogP contribution in [0.15, 0.2) is 17.5 Å². The molecule has 0 spiro atoms. The smallest absolute Gasteiger partial charge is 0.479 e. The molecule has 1 fully saturated rings. The number of hydrogen-bond acceptors (Lipinski definition) is 6. The molecule has 114 valence electrons. The molecule has 0 bridgehead atoms. The standard InChI is InChI=1S/C12H16BNO5S2/c15-11(5-9-2-1-3-21-9)14-10-7-20-6-8(4-12(16)17)19-13(10)18/h1-3,8,10,18H,4-7H2,(H,14,15)(H,16,17)/t8-,10+/m1/s1. The predicted molar refractivity (Wildman–Crippen MR) is 82.4 cm³/mol. The van der Waals surface area contributed by atoms with E-state index in [1.807, 2.05) is 17.5 Å². The monoisotopic (exact) mass is 329 g/mol. The zero-order chi connectivity index (χ0) is 15.2. The van der Waals surface area contributed by atoms with Gasteiger partial charge in [-0.2, -0.15) is 11.8 Å². The van der Waals surface area contributed by atoms with Gasteiger partial charge in [0.2, 0.25) is 5.91 Å². The molecule has 2 heterocycles. The maximum absolute atomic E-state index is 11.9. The van der Waals surface area contributed by atoms with Crippen molar-refractivity contribution in [3.8, 4) is 0 Å². The van der Waals surface area contributed by atoms with Gasteiger partial charge in [0.05, 0.1) is 24.9 Å². The first-order chi connectivity index (χ1) is 10.0. The Kier molecular flexibility index (Phi) is 6.10. The maximum atomic E-state index is 11.9. The zero-order valence-corrected chi connectivity index (χ0v) is 12.9. The summed E-state index contributed by atoms with van der Waals surface area (Å²) >= 11 is 2.97.